The number of rotatable bonds is 6. The number of anilines is 1. The van der Waals surface area contributed by atoms with Gasteiger partial charge in [0.15, 0.2) is 12.4 Å². The molecule has 0 spiro atoms. The van der Waals surface area contributed by atoms with Gasteiger partial charge in [-0.15, -0.1) is 0 Å². The number of halogens is 6. The Morgan fingerprint density at radius 1 is 1.05 bits per heavy atom. The number of amides is 1. The molecule has 0 atom stereocenters. The molecule has 1 amide bonds. The quantitative estimate of drug-likeness (QED) is 0.208. The normalized spacial score (nSPS) is 11.4. The summed E-state index contributed by atoms with van der Waals surface area (Å²) in [6.45, 7) is 3.62. The van der Waals surface area contributed by atoms with E-state index in [-0.39, 0.29) is 39.2 Å². The highest BCUT2D eigenvalue weighted by Gasteiger charge is 2.32. The van der Waals surface area contributed by atoms with E-state index in [9.17, 15) is 36.6 Å². The molecular formula is C28H21ClF5NO4. The van der Waals surface area contributed by atoms with Crippen LogP contribution in [0.5, 0.6) is 5.75 Å². The molecule has 0 radical (unpaired) electrons. The first-order chi connectivity index (χ1) is 18.0. The second-order valence-corrected chi connectivity index (χ2v) is 9.38. The van der Waals surface area contributed by atoms with E-state index >= 15 is 0 Å². The minimum atomic E-state index is -4.89. The lowest BCUT2D eigenvalue weighted by Crippen LogP contribution is -2.22. The van der Waals surface area contributed by atoms with Crippen molar-refractivity contribution in [3.8, 4) is 17.6 Å². The molecule has 0 aliphatic rings. The molecule has 0 aromatic heterocycles. The van der Waals surface area contributed by atoms with Crippen LogP contribution >= 0.6 is 11.6 Å². The van der Waals surface area contributed by atoms with Gasteiger partial charge in [-0.3, -0.25) is 9.59 Å². The third kappa shape index (κ3) is 7.78. The molecule has 39 heavy (non-hydrogen) atoms. The van der Waals surface area contributed by atoms with Crippen LogP contribution in [0.4, 0.5) is 27.6 Å². The summed E-state index contributed by atoms with van der Waals surface area (Å²) in [7, 11) is 0. The van der Waals surface area contributed by atoms with Crippen molar-refractivity contribution >= 4 is 29.0 Å². The lowest BCUT2D eigenvalue weighted by molar-refractivity contribution is -0.137. The Morgan fingerprint density at radius 2 is 1.74 bits per heavy atom. The Bertz CT molecular complexity index is 1500. The number of benzene rings is 3. The van der Waals surface area contributed by atoms with Crippen LogP contribution in [0.15, 0.2) is 48.5 Å². The van der Waals surface area contributed by atoms with Crippen LogP contribution in [0.1, 0.15) is 46.5 Å². The van der Waals surface area contributed by atoms with Gasteiger partial charge in [0.25, 0.3) is 5.91 Å². The van der Waals surface area contributed by atoms with Crippen LogP contribution in [0.25, 0.3) is 0 Å². The monoisotopic (exact) mass is 565 g/mol. The summed E-state index contributed by atoms with van der Waals surface area (Å²) in [6.07, 6.45) is -4.89. The van der Waals surface area contributed by atoms with Crippen molar-refractivity contribution in [2.75, 3.05) is 11.9 Å². The van der Waals surface area contributed by atoms with Crippen molar-refractivity contribution < 1.29 is 41.4 Å². The zero-order valence-corrected chi connectivity index (χ0v) is 21.5. The highest BCUT2D eigenvalue weighted by atomic mass is 35.5. The Hall–Kier alpha value is -3.94. The Balaban J connectivity index is 1.80. The molecule has 2 N–H and O–H groups in total. The Kier molecular flexibility index (Phi) is 8.68. The molecule has 0 saturated carbocycles. The van der Waals surface area contributed by atoms with Gasteiger partial charge in [0.1, 0.15) is 23.0 Å². The summed E-state index contributed by atoms with van der Waals surface area (Å²) >= 11 is 5.95. The van der Waals surface area contributed by atoms with Gasteiger partial charge >= 0.3 is 6.18 Å². The van der Waals surface area contributed by atoms with E-state index in [0.29, 0.717) is 12.1 Å². The number of carbonyl (C=O) groups is 2. The van der Waals surface area contributed by atoms with E-state index < -0.39 is 52.8 Å². The predicted octanol–water partition coefficient (Wildman–Crippen LogP) is 6.32. The largest absolute Gasteiger partial charge is 0.483 e. The Labute approximate surface area is 225 Å². The predicted molar refractivity (Wildman–Crippen MR) is 135 cm³/mol. The maximum atomic E-state index is 14.7. The first kappa shape index (κ1) is 29.6. The van der Waals surface area contributed by atoms with Gasteiger partial charge in [-0.25, -0.2) is 8.78 Å². The lowest BCUT2D eigenvalue weighted by atomic mass is 10.00. The number of carbonyl (C=O) groups excluding carboxylic acids is 2. The molecule has 0 fully saturated rings. The van der Waals surface area contributed by atoms with Crippen LogP contribution in [-0.4, -0.2) is 29.0 Å². The number of alkyl halides is 3. The third-order valence-electron chi connectivity index (χ3n) is 5.20. The summed E-state index contributed by atoms with van der Waals surface area (Å²) in [5, 5.41) is 12.2. The lowest BCUT2D eigenvalue weighted by Gasteiger charge is -2.14. The molecular weight excluding hydrogens is 545 g/mol. The van der Waals surface area contributed by atoms with Crippen LogP contribution in [0, 0.1) is 30.4 Å². The molecule has 11 heteroatoms. The van der Waals surface area contributed by atoms with Crippen molar-refractivity contribution in [1.82, 2.24) is 0 Å². The van der Waals surface area contributed by atoms with E-state index in [4.69, 9.17) is 16.3 Å². The van der Waals surface area contributed by atoms with Crippen molar-refractivity contribution in [1.29, 1.82) is 0 Å². The molecule has 204 valence electrons. The van der Waals surface area contributed by atoms with Crippen molar-refractivity contribution in [2.24, 2.45) is 0 Å². The van der Waals surface area contributed by atoms with Crippen LogP contribution < -0.4 is 10.1 Å². The SMILES string of the molecule is Cc1c(NC(=O)COc2ccc(Cl)cc2C(=O)c2cc(F)cc(C(F)(F)F)c2)ccc(C#CC(C)(C)O)c1F. The van der Waals surface area contributed by atoms with Crippen LogP contribution in [0.2, 0.25) is 5.02 Å². The average Bonchev–Trinajstić information content (AvgIpc) is 2.83. The first-order valence-electron chi connectivity index (χ1n) is 11.2. The molecule has 3 aromatic rings. The fourth-order valence-corrected chi connectivity index (χ4v) is 3.48. The van der Waals surface area contributed by atoms with E-state index in [2.05, 4.69) is 17.2 Å². The van der Waals surface area contributed by atoms with Gasteiger partial charge in [-0.1, -0.05) is 23.4 Å². The topological polar surface area (TPSA) is 75.6 Å². The zero-order valence-electron chi connectivity index (χ0n) is 20.8. The summed E-state index contributed by atoms with van der Waals surface area (Å²) < 4.78 is 73.3. The van der Waals surface area contributed by atoms with Gasteiger partial charge in [-0.2, -0.15) is 13.2 Å². The number of ether oxygens (including phenoxy) is 1. The van der Waals surface area contributed by atoms with Gasteiger partial charge in [0.05, 0.1) is 16.7 Å². The number of aliphatic hydroxyl groups is 1. The van der Waals surface area contributed by atoms with Crippen molar-refractivity contribution in [2.45, 2.75) is 32.5 Å². The second kappa shape index (κ2) is 11.4. The number of ketones is 1. The molecule has 0 saturated heterocycles. The van der Waals surface area contributed by atoms with Crippen LogP contribution in [0.3, 0.4) is 0 Å². The molecule has 0 heterocycles. The number of hydrogen-bond acceptors (Lipinski definition) is 4. The highest BCUT2D eigenvalue weighted by Crippen LogP contribution is 2.32. The van der Waals surface area contributed by atoms with E-state index in [1.807, 2.05) is 0 Å². The standard InChI is InChI=1S/C28H21ClF5NO4/c1-15-22(6-4-16(25(15)31)8-9-27(2,3)38)35-24(36)14-39-23-7-5-19(29)13-21(23)26(37)17-10-18(28(32,33)34)12-20(30)11-17/h4-7,10-13,38H,14H2,1-3H3,(H,35,36). The summed E-state index contributed by atoms with van der Waals surface area (Å²) in [6, 6.07) is 7.79. The van der Waals surface area contributed by atoms with Crippen LogP contribution in [-0.2, 0) is 11.0 Å². The van der Waals surface area contributed by atoms with E-state index in [0.717, 1.165) is 6.07 Å². The smallest absolute Gasteiger partial charge is 0.416 e. The molecule has 0 aliphatic carbocycles. The minimum Gasteiger partial charge on any atom is -0.483 e. The molecule has 3 rings (SSSR count). The molecule has 3 aromatic carbocycles. The first-order valence-corrected chi connectivity index (χ1v) is 11.6. The van der Waals surface area contributed by atoms with Gasteiger partial charge in [-0.05, 0) is 69.3 Å². The van der Waals surface area contributed by atoms with Crippen molar-refractivity contribution in [3.05, 3.63) is 93.0 Å². The summed E-state index contributed by atoms with van der Waals surface area (Å²) in [5.41, 5.74) is -3.39. The maximum absolute atomic E-state index is 14.7. The molecule has 5 nitrogen and oxygen atoms in total. The fourth-order valence-electron chi connectivity index (χ4n) is 3.31. The van der Waals surface area contributed by atoms with Gasteiger partial charge < -0.3 is 15.2 Å². The third-order valence-corrected chi connectivity index (χ3v) is 5.43. The highest BCUT2D eigenvalue weighted by molar-refractivity contribution is 6.31. The maximum Gasteiger partial charge on any atom is 0.416 e. The minimum absolute atomic E-state index is 0.0132. The number of hydrogen-bond donors (Lipinski definition) is 2. The summed E-state index contributed by atoms with van der Waals surface area (Å²) in [5.74, 6) is 1.10. The second-order valence-electron chi connectivity index (χ2n) is 8.94. The zero-order chi connectivity index (χ0) is 29.1. The van der Waals surface area contributed by atoms with E-state index in [1.54, 1.807) is 0 Å². The van der Waals surface area contributed by atoms with Gasteiger partial charge in [0, 0.05) is 21.8 Å². The average molecular weight is 566 g/mol. The Morgan fingerprint density at radius 3 is 2.38 bits per heavy atom. The molecule has 0 bridgehead atoms. The molecule has 0 unspecified atom stereocenters. The molecule has 0 aliphatic heterocycles. The van der Waals surface area contributed by atoms with E-state index in [1.165, 1.54) is 45.0 Å². The fraction of sp³-hybridized carbons (Fsp3) is 0.214. The summed E-state index contributed by atoms with van der Waals surface area (Å²) in [4.78, 5) is 25.5. The van der Waals surface area contributed by atoms with Gasteiger partial charge in [0.2, 0.25) is 0 Å². The van der Waals surface area contributed by atoms with Crippen molar-refractivity contribution in [3.63, 3.8) is 0 Å². The number of nitrogens with one attached hydrogen (secondary N) is 1.